The second kappa shape index (κ2) is 9.78. The van der Waals surface area contributed by atoms with Crippen LogP contribution in [0.25, 0.3) is 0 Å². The van der Waals surface area contributed by atoms with Crippen LogP contribution >= 0.6 is 11.6 Å². The molecule has 2 N–H and O–H groups in total. The number of nitrogens with one attached hydrogen (secondary N) is 2. The van der Waals surface area contributed by atoms with E-state index in [0.717, 1.165) is 18.0 Å². The predicted octanol–water partition coefficient (Wildman–Crippen LogP) is 1.62. The second-order valence-corrected chi connectivity index (χ2v) is 4.66. The number of hydrogen-bond donors (Lipinski definition) is 2. The quantitative estimate of drug-likeness (QED) is 0.678. The molecule has 0 saturated carbocycles. The third kappa shape index (κ3) is 7.82. The van der Waals surface area contributed by atoms with E-state index in [1.54, 1.807) is 7.11 Å². The summed E-state index contributed by atoms with van der Waals surface area (Å²) in [5.74, 6) is 0.0484. The van der Waals surface area contributed by atoms with Crippen LogP contribution in [0.1, 0.15) is 12.0 Å². The molecule has 0 atom stereocenters. The largest absolute Gasteiger partial charge is 0.383 e. The number of ether oxygens (including phenoxy) is 1. The van der Waals surface area contributed by atoms with E-state index in [1.165, 1.54) is 5.56 Å². The average Bonchev–Trinajstić information content (AvgIpc) is 2.39. The fourth-order valence-corrected chi connectivity index (χ4v) is 1.85. The minimum Gasteiger partial charge on any atom is -0.383 e. The van der Waals surface area contributed by atoms with E-state index < -0.39 is 0 Å². The van der Waals surface area contributed by atoms with E-state index >= 15 is 0 Å². The molecule has 0 radical (unpaired) electrons. The molecule has 5 heteroatoms. The van der Waals surface area contributed by atoms with Crippen LogP contribution in [-0.4, -0.2) is 39.3 Å². The van der Waals surface area contributed by atoms with Crippen LogP contribution < -0.4 is 10.6 Å². The zero-order valence-electron chi connectivity index (χ0n) is 11.2. The van der Waals surface area contributed by atoms with Gasteiger partial charge < -0.3 is 15.4 Å². The Morgan fingerprint density at radius 1 is 1.32 bits per heavy atom. The fourth-order valence-electron chi connectivity index (χ4n) is 1.63. The first-order valence-corrected chi connectivity index (χ1v) is 6.81. The van der Waals surface area contributed by atoms with Gasteiger partial charge in [-0.05, 0) is 30.7 Å². The van der Waals surface area contributed by atoms with E-state index in [9.17, 15) is 4.79 Å². The highest BCUT2D eigenvalue weighted by atomic mass is 35.5. The van der Waals surface area contributed by atoms with Crippen molar-refractivity contribution in [2.24, 2.45) is 0 Å². The van der Waals surface area contributed by atoms with Crippen molar-refractivity contribution >= 4 is 17.5 Å². The fraction of sp³-hybridized carbons (Fsp3) is 0.500. The Morgan fingerprint density at radius 2 is 2.16 bits per heavy atom. The highest BCUT2D eigenvalue weighted by molar-refractivity contribution is 6.30. The van der Waals surface area contributed by atoms with Crippen molar-refractivity contribution in [2.45, 2.75) is 12.8 Å². The maximum absolute atomic E-state index is 11.4. The summed E-state index contributed by atoms with van der Waals surface area (Å²) in [5.41, 5.74) is 1.20. The molecule has 4 nitrogen and oxygen atoms in total. The van der Waals surface area contributed by atoms with E-state index in [-0.39, 0.29) is 5.91 Å². The molecular weight excluding hydrogens is 264 g/mol. The molecule has 0 heterocycles. The molecule has 19 heavy (non-hydrogen) atoms. The van der Waals surface area contributed by atoms with Gasteiger partial charge in [-0.2, -0.15) is 0 Å². The molecule has 0 spiro atoms. The van der Waals surface area contributed by atoms with Crippen molar-refractivity contribution in [3.63, 3.8) is 0 Å². The Kier molecular flexibility index (Phi) is 8.21. The summed E-state index contributed by atoms with van der Waals surface area (Å²) < 4.78 is 4.85. The predicted molar refractivity (Wildman–Crippen MR) is 77.5 cm³/mol. The van der Waals surface area contributed by atoms with Crippen LogP contribution in [0.15, 0.2) is 24.3 Å². The molecule has 106 valence electrons. The van der Waals surface area contributed by atoms with Gasteiger partial charge >= 0.3 is 0 Å². The first-order valence-electron chi connectivity index (χ1n) is 6.43. The van der Waals surface area contributed by atoms with Crippen molar-refractivity contribution in [3.8, 4) is 0 Å². The van der Waals surface area contributed by atoms with Gasteiger partial charge in [0.1, 0.15) is 0 Å². The van der Waals surface area contributed by atoms with E-state index in [4.69, 9.17) is 16.3 Å². The molecule has 0 aliphatic carbocycles. The third-order valence-electron chi connectivity index (χ3n) is 2.64. The Hall–Kier alpha value is -1.10. The number of carbonyl (C=O) groups excluding carboxylic acids is 1. The Morgan fingerprint density at radius 3 is 2.89 bits per heavy atom. The van der Waals surface area contributed by atoms with Gasteiger partial charge in [0.15, 0.2) is 0 Å². The molecule has 1 aromatic rings. The second-order valence-electron chi connectivity index (χ2n) is 4.22. The van der Waals surface area contributed by atoms with E-state index in [2.05, 4.69) is 10.6 Å². The van der Waals surface area contributed by atoms with Gasteiger partial charge in [0.05, 0.1) is 6.61 Å². The van der Waals surface area contributed by atoms with Crippen molar-refractivity contribution in [2.75, 3.05) is 33.4 Å². The first-order chi connectivity index (χ1) is 9.22. The topological polar surface area (TPSA) is 50.4 Å². The summed E-state index contributed by atoms with van der Waals surface area (Å²) in [4.78, 5) is 11.4. The zero-order chi connectivity index (χ0) is 13.9. The van der Waals surface area contributed by atoms with Crippen LogP contribution in [0.3, 0.4) is 0 Å². The third-order valence-corrected chi connectivity index (χ3v) is 2.87. The molecule has 1 aromatic carbocycles. The maximum Gasteiger partial charge on any atom is 0.221 e. The molecular formula is C14H21ClN2O2. The van der Waals surface area contributed by atoms with Crippen LogP contribution in [-0.2, 0) is 16.0 Å². The van der Waals surface area contributed by atoms with E-state index in [0.29, 0.717) is 26.1 Å². The lowest BCUT2D eigenvalue weighted by Gasteiger charge is -2.06. The average molecular weight is 285 g/mol. The minimum atomic E-state index is 0.0484. The molecule has 0 bridgehead atoms. The Labute approximate surface area is 119 Å². The lowest BCUT2D eigenvalue weighted by molar-refractivity contribution is -0.121. The molecule has 0 aromatic heterocycles. The molecule has 0 aliphatic heterocycles. The Balaban J connectivity index is 2.03. The summed E-state index contributed by atoms with van der Waals surface area (Å²) >= 11 is 5.90. The molecule has 0 fully saturated rings. The normalized spacial score (nSPS) is 10.4. The van der Waals surface area contributed by atoms with Gasteiger partial charge in [0.2, 0.25) is 5.91 Å². The number of benzene rings is 1. The number of amides is 1. The summed E-state index contributed by atoms with van der Waals surface area (Å²) in [6.45, 7) is 2.64. The molecule has 0 saturated heterocycles. The van der Waals surface area contributed by atoms with Gasteiger partial charge in [0.25, 0.3) is 0 Å². The number of halogens is 1. The van der Waals surface area contributed by atoms with Crippen LogP contribution in [0, 0.1) is 0 Å². The summed E-state index contributed by atoms with van der Waals surface area (Å²) in [6.07, 6.45) is 1.39. The summed E-state index contributed by atoms with van der Waals surface area (Å²) in [7, 11) is 1.61. The summed E-state index contributed by atoms with van der Waals surface area (Å²) in [5, 5.41) is 6.78. The van der Waals surface area contributed by atoms with Gasteiger partial charge in [0, 0.05) is 31.6 Å². The van der Waals surface area contributed by atoms with Crippen LogP contribution in [0.2, 0.25) is 5.02 Å². The maximum atomic E-state index is 11.4. The number of methoxy groups -OCH3 is 1. The summed E-state index contributed by atoms with van der Waals surface area (Å²) in [6, 6.07) is 7.81. The molecule has 0 aliphatic rings. The smallest absolute Gasteiger partial charge is 0.221 e. The number of carbonyl (C=O) groups is 1. The van der Waals surface area contributed by atoms with Gasteiger partial charge in [-0.25, -0.2) is 0 Å². The van der Waals surface area contributed by atoms with Gasteiger partial charge in [-0.3, -0.25) is 4.79 Å². The number of hydrogen-bond acceptors (Lipinski definition) is 3. The number of rotatable bonds is 9. The van der Waals surface area contributed by atoms with Crippen molar-refractivity contribution in [1.82, 2.24) is 10.6 Å². The Bertz CT molecular complexity index is 385. The van der Waals surface area contributed by atoms with Crippen molar-refractivity contribution in [1.29, 1.82) is 0 Å². The van der Waals surface area contributed by atoms with Gasteiger partial charge in [-0.1, -0.05) is 23.7 Å². The van der Waals surface area contributed by atoms with Crippen LogP contribution in [0.4, 0.5) is 0 Å². The minimum absolute atomic E-state index is 0.0484. The molecule has 0 unspecified atom stereocenters. The van der Waals surface area contributed by atoms with Crippen LogP contribution in [0.5, 0.6) is 0 Å². The van der Waals surface area contributed by atoms with Gasteiger partial charge in [-0.15, -0.1) is 0 Å². The SMILES string of the molecule is COCCNC(=O)CCNCCc1cccc(Cl)c1. The highest BCUT2D eigenvalue weighted by Crippen LogP contribution is 2.10. The lowest BCUT2D eigenvalue weighted by atomic mass is 10.1. The van der Waals surface area contributed by atoms with E-state index in [1.807, 2.05) is 24.3 Å². The highest BCUT2D eigenvalue weighted by Gasteiger charge is 1.99. The molecule has 1 amide bonds. The monoisotopic (exact) mass is 284 g/mol. The first kappa shape index (κ1) is 16.0. The molecule has 1 rings (SSSR count). The van der Waals surface area contributed by atoms with Crippen molar-refractivity contribution in [3.05, 3.63) is 34.9 Å². The standard InChI is InChI=1S/C14H21ClN2O2/c1-19-10-9-17-14(18)6-8-16-7-5-12-3-2-4-13(15)11-12/h2-4,11,16H,5-10H2,1H3,(H,17,18). The van der Waals surface area contributed by atoms with Crippen molar-refractivity contribution < 1.29 is 9.53 Å². The lowest BCUT2D eigenvalue weighted by Crippen LogP contribution is -2.30. The zero-order valence-corrected chi connectivity index (χ0v) is 12.0.